The van der Waals surface area contributed by atoms with E-state index < -0.39 is 23.7 Å². The molecule has 0 saturated carbocycles. The molecule has 1 fully saturated rings. The first-order valence-electron chi connectivity index (χ1n) is 14.2. The Morgan fingerprint density at radius 1 is 1.07 bits per heavy atom. The van der Waals surface area contributed by atoms with E-state index in [2.05, 4.69) is 4.98 Å². The number of thiazole rings is 1. The summed E-state index contributed by atoms with van der Waals surface area (Å²) in [5.74, 6) is -1.21. The number of methoxy groups -OCH3 is 2. The van der Waals surface area contributed by atoms with E-state index in [1.165, 1.54) is 19.1 Å². The van der Waals surface area contributed by atoms with Crippen LogP contribution in [0.2, 0.25) is 0 Å². The Labute approximate surface area is 263 Å². The van der Waals surface area contributed by atoms with E-state index in [-0.39, 0.29) is 27.4 Å². The standard InChI is InChI=1S/C34H30N2O8S/c1-18-14-23-15-22(11-12-24(23)44-18)29(37)27-28(36(32(39)30(27)38)34-35-19(2)31(45-34)33(40)42-4)21-10-13-25(26(16-21)41-3)43-17-20-8-6-5-7-9-20/h5-13,15-16,18,28,37H,14,17H2,1-4H3/b29-27+. The van der Waals surface area contributed by atoms with Crippen LogP contribution in [-0.4, -0.2) is 48.1 Å². The number of aliphatic hydroxyl groups excluding tert-OH is 1. The van der Waals surface area contributed by atoms with Gasteiger partial charge in [-0.15, -0.1) is 0 Å². The molecule has 0 spiro atoms. The molecule has 2 aliphatic rings. The van der Waals surface area contributed by atoms with Gasteiger partial charge >= 0.3 is 11.9 Å². The maximum Gasteiger partial charge on any atom is 0.350 e. The van der Waals surface area contributed by atoms with E-state index in [0.717, 1.165) is 22.5 Å². The number of carbonyl (C=O) groups is 3. The number of hydrogen-bond acceptors (Lipinski definition) is 10. The number of nitrogens with zero attached hydrogens (tertiary/aromatic N) is 2. The van der Waals surface area contributed by atoms with Crippen molar-refractivity contribution in [1.82, 2.24) is 4.98 Å². The smallest absolute Gasteiger partial charge is 0.350 e. The summed E-state index contributed by atoms with van der Waals surface area (Å²) in [5.41, 5.74) is 2.90. The molecule has 2 atom stereocenters. The van der Waals surface area contributed by atoms with Gasteiger partial charge in [-0.05, 0) is 60.9 Å². The minimum atomic E-state index is -1.10. The molecule has 10 nitrogen and oxygen atoms in total. The van der Waals surface area contributed by atoms with Gasteiger partial charge < -0.3 is 24.1 Å². The predicted octanol–water partition coefficient (Wildman–Crippen LogP) is 5.78. The van der Waals surface area contributed by atoms with Crippen LogP contribution in [-0.2, 0) is 27.4 Å². The zero-order chi connectivity index (χ0) is 31.8. The number of carbonyl (C=O) groups excluding carboxylic acids is 3. The number of fused-ring (bicyclic) bond motifs is 1. The molecule has 1 amide bonds. The van der Waals surface area contributed by atoms with Crippen LogP contribution in [0.15, 0.2) is 72.3 Å². The van der Waals surface area contributed by atoms with Crippen LogP contribution in [0.3, 0.4) is 0 Å². The van der Waals surface area contributed by atoms with Crippen molar-refractivity contribution in [2.45, 2.75) is 39.0 Å². The van der Waals surface area contributed by atoms with Crippen LogP contribution in [0.1, 0.15) is 50.6 Å². The zero-order valence-corrected chi connectivity index (χ0v) is 25.8. The lowest BCUT2D eigenvalue weighted by atomic mass is 9.94. The molecule has 11 heteroatoms. The number of rotatable bonds is 8. The Kier molecular flexibility index (Phi) is 8.03. The summed E-state index contributed by atoms with van der Waals surface area (Å²) in [5, 5.41) is 11.8. The van der Waals surface area contributed by atoms with E-state index in [1.54, 1.807) is 43.3 Å². The van der Waals surface area contributed by atoms with Crippen LogP contribution < -0.4 is 19.1 Å². The Bertz CT molecular complexity index is 1850. The lowest BCUT2D eigenvalue weighted by Crippen LogP contribution is -2.29. The number of aryl methyl sites for hydroxylation is 1. The van der Waals surface area contributed by atoms with E-state index in [1.807, 2.05) is 37.3 Å². The summed E-state index contributed by atoms with van der Waals surface area (Å²) >= 11 is 0.929. The fourth-order valence-corrected chi connectivity index (χ4v) is 6.56. The molecule has 3 aromatic carbocycles. The summed E-state index contributed by atoms with van der Waals surface area (Å²) in [7, 11) is 2.75. The number of esters is 1. The number of benzene rings is 3. The highest BCUT2D eigenvalue weighted by Crippen LogP contribution is 2.46. The molecule has 1 aromatic heterocycles. The summed E-state index contributed by atoms with van der Waals surface area (Å²) in [4.78, 5) is 45.7. The largest absolute Gasteiger partial charge is 0.507 e. The average molecular weight is 627 g/mol. The van der Waals surface area contributed by atoms with Gasteiger partial charge in [-0.3, -0.25) is 14.5 Å². The number of Topliss-reactive ketones (excluding diaryl/α,β-unsaturated/α-hetero) is 1. The van der Waals surface area contributed by atoms with Crippen molar-refractivity contribution >= 4 is 39.9 Å². The van der Waals surface area contributed by atoms with Gasteiger partial charge in [-0.25, -0.2) is 9.78 Å². The Balaban J connectivity index is 1.47. The number of aromatic nitrogens is 1. The molecule has 6 rings (SSSR count). The van der Waals surface area contributed by atoms with Gasteiger partial charge in [-0.2, -0.15) is 0 Å². The number of ether oxygens (including phenoxy) is 4. The second kappa shape index (κ2) is 12.1. The van der Waals surface area contributed by atoms with Crippen molar-refractivity contribution in [1.29, 1.82) is 0 Å². The van der Waals surface area contributed by atoms with E-state index in [4.69, 9.17) is 18.9 Å². The minimum Gasteiger partial charge on any atom is -0.507 e. The summed E-state index contributed by atoms with van der Waals surface area (Å²) in [6.45, 7) is 3.86. The SMILES string of the molecule is COC(=O)c1sc(N2C(=O)C(=O)/C(=C(/O)c3ccc4c(c3)CC(C)O4)C2c2ccc(OCc3ccccc3)c(OC)c2)nc1C. The zero-order valence-electron chi connectivity index (χ0n) is 25.0. The molecule has 45 heavy (non-hydrogen) atoms. The first kappa shape index (κ1) is 29.9. The van der Waals surface area contributed by atoms with Crippen molar-refractivity contribution in [2.75, 3.05) is 19.1 Å². The molecular formula is C34H30N2O8S. The van der Waals surface area contributed by atoms with Gasteiger partial charge in [0.1, 0.15) is 29.1 Å². The Hall–Kier alpha value is -5.16. The minimum absolute atomic E-state index is 0.0183. The molecule has 0 radical (unpaired) electrons. The van der Waals surface area contributed by atoms with Crippen molar-refractivity contribution in [3.63, 3.8) is 0 Å². The molecule has 2 aliphatic heterocycles. The molecule has 3 heterocycles. The maximum absolute atomic E-state index is 13.7. The fourth-order valence-electron chi connectivity index (χ4n) is 5.55. The van der Waals surface area contributed by atoms with Crippen LogP contribution in [0, 0.1) is 6.92 Å². The molecule has 0 aliphatic carbocycles. The van der Waals surface area contributed by atoms with Crippen molar-refractivity contribution in [2.24, 2.45) is 0 Å². The van der Waals surface area contributed by atoms with E-state index >= 15 is 0 Å². The van der Waals surface area contributed by atoms with Gasteiger partial charge in [0.2, 0.25) is 0 Å². The molecule has 230 valence electrons. The number of aliphatic hydroxyl groups is 1. The molecular weight excluding hydrogens is 596 g/mol. The molecule has 1 N–H and O–H groups in total. The monoisotopic (exact) mass is 626 g/mol. The second-order valence-corrected chi connectivity index (χ2v) is 11.7. The quantitative estimate of drug-likeness (QED) is 0.112. The number of ketones is 1. The topological polar surface area (TPSA) is 124 Å². The van der Waals surface area contributed by atoms with Gasteiger partial charge in [-0.1, -0.05) is 47.7 Å². The normalized spacial score (nSPS) is 18.4. The summed E-state index contributed by atoms with van der Waals surface area (Å²) in [6.07, 6.45) is 0.625. The van der Waals surface area contributed by atoms with Crippen molar-refractivity contribution < 1.29 is 38.4 Å². The number of hydrogen-bond donors (Lipinski definition) is 1. The van der Waals surface area contributed by atoms with Gasteiger partial charge in [0.15, 0.2) is 16.6 Å². The van der Waals surface area contributed by atoms with E-state index in [9.17, 15) is 19.5 Å². The third-order valence-electron chi connectivity index (χ3n) is 7.72. The highest BCUT2D eigenvalue weighted by molar-refractivity contribution is 7.17. The third-order valence-corrected chi connectivity index (χ3v) is 8.85. The lowest BCUT2D eigenvalue weighted by molar-refractivity contribution is -0.132. The number of anilines is 1. The fraction of sp³-hybridized carbons (Fsp3) is 0.235. The summed E-state index contributed by atoms with van der Waals surface area (Å²) in [6, 6.07) is 18.8. The van der Waals surface area contributed by atoms with Crippen LogP contribution in [0.5, 0.6) is 17.2 Å². The second-order valence-electron chi connectivity index (χ2n) is 10.7. The van der Waals surface area contributed by atoms with Gasteiger partial charge in [0.25, 0.3) is 5.78 Å². The lowest BCUT2D eigenvalue weighted by Gasteiger charge is -2.24. The molecule has 2 unspecified atom stereocenters. The third kappa shape index (κ3) is 5.51. The van der Waals surface area contributed by atoms with E-state index in [0.29, 0.717) is 47.1 Å². The van der Waals surface area contributed by atoms with Crippen LogP contribution in [0.4, 0.5) is 5.13 Å². The van der Waals surface area contributed by atoms with Gasteiger partial charge in [0.05, 0.1) is 31.5 Å². The molecule has 0 bridgehead atoms. The Morgan fingerprint density at radius 2 is 1.84 bits per heavy atom. The highest BCUT2D eigenvalue weighted by Gasteiger charge is 2.48. The van der Waals surface area contributed by atoms with Crippen molar-refractivity contribution in [3.05, 3.63) is 105 Å². The predicted molar refractivity (Wildman–Crippen MR) is 167 cm³/mol. The highest BCUT2D eigenvalue weighted by atomic mass is 32.1. The van der Waals surface area contributed by atoms with Crippen LogP contribution in [0.25, 0.3) is 5.76 Å². The maximum atomic E-state index is 13.7. The first-order chi connectivity index (χ1) is 21.7. The molecule has 4 aromatic rings. The molecule has 1 saturated heterocycles. The first-order valence-corrected chi connectivity index (χ1v) is 15.0. The van der Waals surface area contributed by atoms with Gasteiger partial charge in [0, 0.05) is 12.0 Å². The average Bonchev–Trinajstić information content (AvgIpc) is 3.70. The Morgan fingerprint density at radius 3 is 2.58 bits per heavy atom. The van der Waals surface area contributed by atoms with Crippen LogP contribution >= 0.6 is 11.3 Å². The summed E-state index contributed by atoms with van der Waals surface area (Å²) < 4.78 is 22.4. The van der Waals surface area contributed by atoms with Crippen molar-refractivity contribution in [3.8, 4) is 17.2 Å². The number of amides is 1.